The number of aromatic hydroxyl groups is 1. The van der Waals surface area contributed by atoms with Crippen molar-refractivity contribution < 1.29 is 5.11 Å². The van der Waals surface area contributed by atoms with E-state index in [0.29, 0.717) is 6.54 Å². The standard InChI is InChI=1S/C13H11N3OS/c17-11-2-1-9-3-4-14-13(12(9)5-11)15-6-10-7-18-8-16-10/h1-5,7-8,17H,6H2,(H,14,15). The highest BCUT2D eigenvalue weighted by molar-refractivity contribution is 7.07. The predicted octanol–water partition coefficient (Wildman–Crippen LogP) is 3.01. The van der Waals surface area contributed by atoms with Crippen molar-refractivity contribution in [1.29, 1.82) is 0 Å². The van der Waals surface area contributed by atoms with Gasteiger partial charge in [0.2, 0.25) is 0 Å². The van der Waals surface area contributed by atoms with Gasteiger partial charge in [0.05, 0.1) is 17.7 Å². The molecule has 2 heterocycles. The summed E-state index contributed by atoms with van der Waals surface area (Å²) in [6.45, 7) is 0.630. The molecule has 0 unspecified atom stereocenters. The molecule has 0 amide bonds. The van der Waals surface area contributed by atoms with Crippen LogP contribution in [0.15, 0.2) is 41.4 Å². The molecule has 0 saturated heterocycles. The van der Waals surface area contributed by atoms with Crippen molar-refractivity contribution in [2.75, 3.05) is 5.32 Å². The molecule has 3 aromatic rings. The van der Waals surface area contributed by atoms with E-state index in [0.717, 1.165) is 22.3 Å². The summed E-state index contributed by atoms with van der Waals surface area (Å²) in [4.78, 5) is 8.51. The molecule has 4 nitrogen and oxygen atoms in total. The van der Waals surface area contributed by atoms with E-state index in [4.69, 9.17) is 0 Å². The summed E-state index contributed by atoms with van der Waals surface area (Å²) < 4.78 is 0. The van der Waals surface area contributed by atoms with Crippen LogP contribution in [0.25, 0.3) is 10.8 Å². The van der Waals surface area contributed by atoms with Crippen LogP contribution < -0.4 is 5.32 Å². The number of pyridine rings is 1. The molecule has 2 N–H and O–H groups in total. The fraction of sp³-hybridized carbons (Fsp3) is 0.0769. The lowest BCUT2D eigenvalue weighted by Crippen LogP contribution is -2.01. The average Bonchev–Trinajstić information content (AvgIpc) is 2.89. The summed E-state index contributed by atoms with van der Waals surface area (Å²) in [6, 6.07) is 7.18. The van der Waals surface area contributed by atoms with Gasteiger partial charge in [0.15, 0.2) is 0 Å². The van der Waals surface area contributed by atoms with E-state index in [1.807, 2.05) is 17.5 Å². The van der Waals surface area contributed by atoms with Crippen LogP contribution in [0.2, 0.25) is 0 Å². The maximum absolute atomic E-state index is 9.54. The Labute approximate surface area is 108 Å². The first-order valence-corrected chi connectivity index (χ1v) is 6.46. The van der Waals surface area contributed by atoms with Gasteiger partial charge in [-0.2, -0.15) is 0 Å². The molecule has 0 aliphatic heterocycles. The molecule has 1 aromatic carbocycles. The second kappa shape index (κ2) is 4.62. The van der Waals surface area contributed by atoms with E-state index in [1.54, 1.807) is 35.2 Å². The van der Waals surface area contributed by atoms with Crippen molar-refractivity contribution in [2.24, 2.45) is 0 Å². The number of fused-ring (bicyclic) bond motifs is 1. The van der Waals surface area contributed by atoms with Crippen LogP contribution in [0.3, 0.4) is 0 Å². The van der Waals surface area contributed by atoms with Gasteiger partial charge in [-0.15, -0.1) is 11.3 Å². The van der Waals surface area contributed by atoms with Crippen molar-refractivity contribution in [3.05, 3.63) is 47.0 Å². The Morgan fingerprint density at radius 1 is 1.22 bits per heavy atom. The molecule has 0 bridgehead atoms. The first-order chi connectivity index (χ1) is 8.83. The number of nitrogens with zero attached hydrogens (tertiary/aromatic N) is 2. The lowest BCUT2D eigenvalue weighted by Gasteiger charge is -2.07. The minimum atomic E-state index is 0.243. The number of hydrogen-bond acceptors (Lipinski definition) is 5. The highest BCUT2D eigenvalue weighted by Crippen LogP contribution is 2.25. The number of hydrogen-bond donors (Lipinski definition) is 2. The van der Waals surface area contributed by atoms with Gasteiger partial charge in [-0.05, 0) is 23.6 Å². The number of benzene rings is 1. The largest absolute Gasteiger partial charge is 0.508 e. The quantitative estimate of drug-likeness (QED) is 0.757. The monoisotopic (exact) mass is 257 g/mol. The summed E-state index contributed by atoms with van der Waals surface area (Å²) in [5.41, 5.74) is 2.79. The van der Waals surface area contributed by atoms with Gasteiger partial charge in [-0.1, -0.05) is 6.07 Å². The van der Waals surface area contributed by atoms with Gasteiger partial charge in [0.25, 0.3) is 0 Å². The summed E-state index contributed by atoms with van der Waals surface area (Å²) in [6.07, 6.45) is 1.75. The highest BCUT2D eigenvalue weighted by atomic mass is 32.1. The summed E-state index contributed by atoms with van der Waals surface area (Å²) in [5.74, 6) is 1.00. The molecule has 0 aliphatic carbocycles. The topological polar surface area (TPSA) is 58.0 Å². The Morgan fingerprint density at radius 3 is 3.00 bits per heavy atom. The number of anilines is 1. The average molecular weight is 257 g/mol. The van der Waals surface area contributed by atoms with Crippen molar-refractivity contribution in [2.45, 2.75) is 6.54 Å². The minimum absolute atomic E-state index is 0.243. The Balaban J connectivity index is 1.93. The molecule has 0 fully saturated rings. The molecule has 5 heteroatoms. The zero-order valence-corrected chi connectivity index (χ0v) is 10.3. The molecule has 0 radical (unpaired) electrons. The number of thiazole rings is 1. The van der Waals surface area contributed by atoms with Crippen LogP contribution in [0.1, 0.15) is 5.69 Å². The van der Waals surface area contributed by atoms with E-state index in [2.05, 4.69) is 15.3 Å². The summed E-state index contributed by atoms with van der Waals surface area (Å²) >= 11 is 1.57. The first kappa shape index (κ1) is 11.0. The van der Waals surface area contributed by atoms with Crippen LogP contribution in [0.5, 0.6) is 5.75 Å². The Kier molecular flexibility index (Phi) is 2.82. The minimum Gasteiger partial charge on any atom is -0.508 e. The highest BCUT2D eigenvalue weighted by Gasteiger charge is 2.03. The predicted molar refractivity (Wildman–Crippen MR) is 72.8 cm³/mol. The molecule has 0 aliphatic rings. The smallest absolute Gasteiger partial charge is 0.134 e. The van der Waals surface area contributed by atoms with Gasteiger partial charge >= 0.3 is 0 Å². The number of phenolic OH excluding ortho intramolecular Hbond substituents is 1. The third kappa shape index (κ3) is 2.12. The molecule has 0 saturated carbocycles. The summed E-state index contributed by atoms with van der Waals surface area (Å²) in [7, 11) is 0. The van der Waals surface area contributed by atoms with Crippen LogP contribution in [0, 0.1) is 0 Å². The zero-order chi connectivity index (χ0) is 12.4. The van der Waals surface area contributed by atoms with Crippen molar-refractivity contribution in [3.63, 3.8) is 0 Å². The first-order valence-electron chi connectivity index (χ1n) is 5.51. The molecule has 0 atom stereocenters. The van der Waals surface area contributed by atoms with Gasteiger partial charge in [-0.3, -0.25) is 0 Å². The van der Waals surface area contributed by atoms with E-state index >= 15 is 0 Å². The third-order valence-electron chi connectivity index (χ3n) is 2.67. The maximum Gasteiger partial charge on any atom is 0.134 e. The lowest BCUT2D eigenvalue weighted by atomic mass is 10.1. The maximum atomic E-state index is 9.54. The van der Waals surface area contributed by atoms with Crippen molar-refractivity contribution >= 4 is 27.9 Å². The van der Waals surface area contributed by atoms with Crippen LogP contribution in [-0.4, -0.2) is 15.1 Å². The number of rotatable bonds is 3. The van der Waals surface area contributed by atoms with E-state index in [-0.39, 0.29) is 5.75 Å². The van der Waals surface area contributed by atoms with Gasteiger partial charge in [0.1, 0.15) is 11.6 Å². The normalized spacial score (nSPS) is 10.7. The summed E-state index contributed by atoms with van der Waals surface area (Å²) in [5, 5.41) is 16.7. The molecule has 0 spiro atoms. The lowest BCUT2D eigenvalue weighted by molar-refractivity contribution is 0.476. The van der Waals surface area contributed by atoms with Crippen LogP contribution in [0.4, 0.5) is 5.82 Å². The van der Waals surface area contributed by atoms with Gasteiger partial charge in [-0.25, -0.2) is 9.97 Å². The van der Waals surface area contributed by atoms with E-state index < -0.39 is 0 Å². The Morgan fingerprint density at radius 2 is 2.17 bits per heavy atom. The molecular formula is C13H11N3OS. The van der Waals surface area contributed by atoms with Crippen LogP contribution in [-0.2, 0) is 6.54 Å². The number of nitrogens with one attached hydrogen (secondary N) is 1. The van der Waals surface area contributed by atoms with Gasteiger partial charge in [0, 0.05) is 17.0 Å². The molecule has 3 rings (SSSR count). The van der Waals surface area contributed by atoms with Crippen LogP contribution >= 0.6 is 11.3 Å². The van der Waals surface area contributed by atoms with Crippen molar-refractivity contribution in [3.8, 4) is 5.75 Å². The number of phenols is 1. The SMILES string of the molecule is Oc1ccc2ccnc(NCc3cscn3)c2c1. The Bertz CT molecular complexity index is 667. The second-order valence-corrected chi connectivity index (χ2v) is 4.62. The molecule has 2 aromatic heterocycles. The zero-order valence-electron chi connectivity index (χ0n) is 9.50. The fourth-order valence-corrected chi connectivity index (χ4v) is 2.35. The molecule has 90 valence electrons. The molecular weight excluding hydrogens is 246 g/mol. The second-order valence-electron chi connectivity index (χ2n) is 3.90. The Hall–Kier alpha value is -2.14. The van der Waals surface area contributed by atoms with Crippen molar-refractivity contribution in [1.82, 2.24) is 9.97 Å². The number of aromatic nitrogens is 2. The van der Waals surface area contributed by atoms with E-state index in [9.17, 15) is 5.11 Å². The van der Waals surface area contributed by atoms with E-state index in [1.165, 1.54) is 0 Å². The fourth-order valence-electron chi connectivity index (χ4n) is 1.80. The molecule has 18 heavy (non-hydrogen) atoms. The van der Waals surface area contributed by atoms with Gasteiger partial charge < -0.3 is 10.4 Å². The third-order valence-corrected chi connectivity index (χ3v) is 3.31.